The predicted octanol–water partition coefficient (Wildman–Crippen LogP) is 2.76. The van der Waals surface area contributed by atoms with Crippen LogP contribution in [0, 0.1) is 11.8 Å². The second-order valence-corrected chi connectivity index (χ2v) is 6.54. The van der Waals surface area contributed by atoms with Crippen LogP contribution in [0.1, 0.15) is 31.1 Å². The number of carbonyl (C=O) groups excluding carboxylic acids is 1. The third-order valence-corrected chi connectivity index (χ3v) is 4.62. The van der Waals surface area contributed by atoms with E-state index in [-0.39, 0.29) is 24.1 Å². The Hall–Kier alpha value is -3.36. The van der Waals surface area contributed by atoms with Gasteiger partial charge in [0.25, 0.3) is 5.56 Å². The molecule has 1 atom stereocenters. The molecule has 0 aliphatic rings. The lowest BCUT2D eigenvalue weighted by Crippen LogP contribution is -2.27. The number of nitrogens with zero attached hydrogens (tertiary/aromatic N) is 1. The molecule has 0 saturated heterocycles. The highest BCUT2D eigenvalue weighted by molar-refractivity contribution is 5.88. The molecule has 2 N–H and O–H groups in total. The zero-order valence-electron chi connectivity index (χ0n) is 16.2. The molecule has 142 valence electrons. The Morgan fingerprint density at radius 3 is 2.57 bits per heavy atom. The third kappa shape index (κ3) is 3.98. The molecule has 0 fully saturated rings. The molecule has 1 amide bonds. The number of fused-ring (bicyclic) bond motifs is 1. The Morgan fingerprint density at radius 2 is 1.89 bits per heavy atom. The molecule has 2 aromatic carbocycles. The number of rotatable bonds is 4. The number of aromatic nitrogens is 1. The highest BCUT2D eigenvalue weighted by Crippen LogP contribution is 2.22. The van der Waals surface area contributed by atoms with Gasteiger partial charge >= 0.3 is 0 Å². The highest BCUT2D eigenvalue weighted by Gasteiger charge is 2.16. The zero-order valence-corrected chi connectivity index (χ0v) is 16.2. The van der Waals surface area contributed by atoms with Crippen LogP contribution >= 0.6 is 0 Å². The van der Waals surface area contributed by atoms with Crippen molar-refractivity contribution in [2.45, 2.75) is 19.9 Å². The zero-order chi connectivity index (χ0) is 20.1. The molecule has 0 radical (unpaired) electrons. The van der Waals surface area contributed by atoms with Crippen molar-refractivity contribution in [3.63, 3.8) is 0 Å². The second kappa shape index (κ2) is 8.55. The molecule has 28 heavy (non-hydrogen) atoms. The van der Waals surface area contributed by atoms with Crippen LogP contribution in [0.4, 0.5) is 0 Å². The van der Waals surface area contributed by atoms with Crippen molar-refractivity contribution in [3.8, 4) is 17.5 Å². The average molecular weight is 373 g/mol. The lowest BCUT2D eigenvalue weighted by atomic mass is 10.0. The topological polar surface area (TPSA) is 63.1 Å². The fourth-order valence-electron chi connectivity index (χ4n) is 3.10. The molecule has 0 aliphatic carbocycles. The summed E-state index contributed by atoms with van der Waals surface area (Å²) in [4.78, 5) is 24.5. The fraction of sp³-hybridized carbons (Fsp3) is 0.217. The van der Waals surface area contributed by atoms with Crippen LogP contribution in [0.3, 0.4) is 0 Å². The summed E-state index contributed by atoms with van der Waals surface area (Å²) in [6.07, 6.45) is 0. The number of para-hydroxylation sites is 1. The molecular weight excluding hydrogens is 350 g/mol. The van der Waals surface area contributed by atoms with E-state index in [1.807, 2.05) is 68.6 Å². The summed E-state index contributed by atoms with van der Waals surface area (Å²) in [5.74, 6) is 5.81. The summed E-state index contributed by atoms with van der Waals surface area (Å²) in [5, 5.41) is 7.29. The number of hydrogen-bond acceptors (Lipinski definition) is 3. The van der Waals surface area contributed by atoms with Crippen molar-refractivity contribution in [2.24, 2.45) is 0 Å². The van der Waals surface area contributed by atoms with Gasteiger partial charge in [0.05, 0.1) is 11.9 Å². The van der Waals surface area contributed by atoms with E-state index in [9.17, 15) is 9.59 Å². The van der Waals surface area contributed by atoms with Crippen molar-refractivity contribution in [2.75, 3.05) is 13.6 Å². The van der Waals surface area contributed by atoms with E-state index in [4.69, 9.17) is 0 Å². The van der Waals surface area contributed by atoms with Gasteiger partial charge in [0.1, 0.15) is 0 Å². The van der Waals surface area contributed by atoms with E-state index >= 15 is 0 Å². The summed E-state index contributed by atoms with van der Waals surface area (Å²) >= 11 is 0. The number of carbonyl (C=O) groups is 1. The monoisotopic (exact) mass is 373 g/mol. The predicted molar refractivity (Wildman–Crippen MR) is 113 cm³/mol. The Morgan fingerprint density at radius 1 is 1.14 bits per heavy atom. The van der Waals surface area contributed by atoms with Gasteiger partial charge in [-0.2, -0.15) is 0 Å². The van der Waals surface area contributed by atoms with Crippen LogP contribution in [0.2, 0.25) is 0 Å². The Kier molecular flexibility index (Phi) is 5.93. The molecule has 3 aromatic rings. The maximum absolute atomic E-state index is 13.5. The van der Waals surface area contributed by atoms with Crippen molar-refractivity contribution in [3.05, 3.63) is 76.2 Å². The van der Waals surface area contributed by atoms with E-state index in [0.29, 0.717) is 10.9 Å². The maximum atomic E-state index is 13.5. The van der Waals surface area contributed by atoms with Gasteiger partial charge in [0.2, 0.25) is 5.91 Å². The SMILES string of the molecule is CNC(C)c1cc2cccc(C#CCNC(C)=O)c2c(=O)n1-c1ccccc1. The molecule has 1 unspecified atom stereocenters. The molecule has 1 aromatic heterocycles. The largest absolute Gasteiger partial charge is 0.345 e. The van der Waals surface area contributed by atoms with Crippen LogP contribution in [-0.4, -0.2) is 24.1 Å². The fourth-order valence-corrected chi connectivity index (χ4v) is 3.10. The first kappa shape index (κ1) is 19.4. The number of amides is 1. The number of nitrogens with one attached hydrogen (secondary N) is 2. The average Bonchev–Trinajstić information content (AvgIpc) is 2.70. The second-order valence-electron chi connectivity index (χ2n) is 6.54. The van der Waals surface area contributed by atoms with E-state index in [1.165, 1.54) is 6.92 Å². The van der Waals surface area contributed by atoms with Gasteiger partial charge in [-0.25, -0.2) is 0 Å². The molecule has 1 heterocycles. The maximum Gasteiger partial charge on any atom is 0.264 e. The summed E-state index contributed by atoms with van der Waals surface area (Å²) in [6.45, 7) is 3.72. The summed E-state index contributed by atoms with van der Waals surface area (Å²) in [5.41, 5.74) is 2.24. The minimum atomic E-state index is -0.135. The van der Waals surface area contributed by atoms with E-state index in [1.54, 1.807) is 4.57 Å². The Balaban J connectivity index is 2.25. The standard InChI is InChI=1S/C23H23N3O2/c1-16(24-3)21-15-19-10-7-9-18(11-8-14-25-17(2)27)22(19)23(28)26(21)20-12-5-4-6-13-20/h4-7,9-10,12-13,15-16,24H,14H2,1-3H3,(H,25,27). The van der Waals surface area contributed by atoms with Gasteiger partial charge in [0, 0.05) is 29.9 Å². The summed E-state index contributed by atoms with van der Waals surface area (Å²) in [7, 11) is 1.87. The molecule has 0 aliphatic heterocycles. The van der Waals surface area contributed by atoms with Gasteiger partial charge in [-0.15, -0.1) is 0 Å². The summed E-state index contributed by atoms with van der Waals surface area (Å²) in [6, 6.07) is 17.3. The van der Waals surface area contributed by atoms with Gasteiger partial charge in [-0.3, -0.25) is 14.2 Å². The molecule has 0 saturated carbocycles. The van der Waals surface area contributed by atoms with Crippen LogP contribution in [0.25, 0.3) is 16.5 Å². The minimum absolute atomic E-state index is 0.00758. The normalized spacial score (nSPS) is 11.5. The van der Waals surface area contributed by atoms with E-state index in [2.05, 4.69) is 22.5 Å². The van der Waals surface area contributed by atoms with E-state index in [0.717, 1.165) is 16.8 Å². The molecule has 0 bridgehead atoms. The van der Waals surface area contributed by atoms with Crippen molar-refractivity contribution >= 4 is 16.7 Å². The van der Waals surface area contributed by atoms with Crippen LogP contribution in [0.5, 0.6) is 0 Å². The third-order valence-electron chi connectivity index (χ3n) is 4.62. The van der Waals surface area contributed by atoms with Crippen LogP contribution in [0.15, 0.2) is 59.4 Å². The highest BCUT2D eigenvalue weighted by atomic mass is 16.1. The molecule has 5 nitrogen and oxygen atoms in total. The number of pyridine rings is 1. The molecule has 5 heteroatoms. The Bertz CT molecular complexity index is 1120. The number of benzene rings is 2. The lowest BCUT2D eigenvalue weighted by Gasteiger charge is -2.19. The van der Waals surface area contributed by atoms with Gasteiger partial charge in [0.15, 0.2) is 0 Å². The van der Waals surface area contributed by atoms with Crippen LogP contribution in [-0.2, 0) is 4.79 Å². The minimum Gasteiger partial charge on any atom is -0.345 e. The molecule has 3 rings (SSSR count). The first-order valence-electron chi connectivity index (χ1n) is 9.17. The first-order chi connectivity index (χ1) is 13.5. The van der Waals surface area contributed by atoms with Crippen LogP contribution < -0.4 is 16.2 Å². The molecular formula is C23H23N3O2. The lowest BCUT2D eigenvalue weighted by molar-refractivity contribution is -0.118. The van der Waals surface area contributed by atoms with Gasteiger partial charge < -0.3 is 10.6 Å². The van der Waals surface area contributed by atoms with Crippen molar-refractivity contribution < 1.29 is 4.79 Å². The quantitative estimate of drug-likeness (QED) is 0.692. The van der Waals surface area contributed by atoms with Crippen molar-refractivity contribution in [1.29, 1.82) is 0 Å². The van der Waals surface area contributed by atoms with Gasteiger partial charge in [-0.05, 0) is 43.6 Å². The van der Waals surface area contributed by atoms with Crippen molar-refractivity contribution in [1.82, 2.24) is 15.2 Å². The smallest absolute Gasteiger partial charge is 0.264 e. The summed E-state index contributed by atoms with van der Waals surface area (Å²) < 4.78 is 1.74. The van der Waals surface area contributed by atoms with Gasteiger partial charge in [-0.1, -0.05) is 42.2 Å². The Labute approximate surface area is 164 Å². The first-order valence-corrected chi connectivity index (χ1v) is 9.17. The van der Waals surface area contributed by atoms with E-state index < -0.39 is 0 Å². The number of hydrogen-bond donors (Lipinski definition) is 2. The molecule has 0 spiro atoms.